The number of para-hydroxylation sites is 6. The Bertz CT molecular complexity index is 12700. The maximum Gasteiger partial charge on any atom is 0.256 e. The van der Waals surface area contributed by atoms with E-state index >= 15 is 0 Å². The first kappa shape index (κ1) is 39.1. The van der Waals surface area contributed by atoms with E-state index in [0.717, 1.165) is 47.9 Å². The summed E-state index contributed by atoms with van der Waals surface area (Å²) in [5, 5.41) is 0. The fourth-order valence-electron chi connectivity index (χ4n) is 17.1. The minimum absolute atomic E-state index is 0.0137. The molecule has 0 saturated heterocycles. The SMILES string of the molecule is [2H]c1c([2H])c(C(C)(C)C)c([2H])c2c1Oc1cc(N(c3c([2H])c([2H])c(C(C)(C)C([2H])([2H])[2H])c([2H])c3[2H])c3c([2H])c([2H])c(C(C([2H])([2H])[2H])(C([2H])([2H])[2H])C([2H])([2H])[2H])c([2H])c3[2H])cc3c1B2c1c([2H])c(C(C)(C)C)c([2H])c([2H])c1N3c1c([2H])c([2H])c(C(C)(C)C)c([2H])c1[2H].[2H]c1c([2H])c([2H])c(-c2c([2H])c(-c3c([2H])c([2H])c([2H])c([2H])c3[2H])c([2H])c(N3c4c([2H])c([2H])c([2H])c([2H])c4B4c5c([2H])c([2H])c([2H])c([2H])c5Oc5c([2H])c([2H])c([2H])c3c54)c2[2H])c([2H])c1[2H].[2H]c1c([2H])c([2H])c(-c2ccc3c4c2Oc2c([2H])c([2H])c([2H])c([2H])c2B4c2c([2H])c([2H])c(N(c4c([2H])c([2H])c([2H])c([2H])c4[2H])c4c([2H])c([2H])c([2H])c([2H])c4[2H])c([2H])c2N3c2c([2H])c([2H])c([2H])c([2H])c2[2H])c([2H])c1[2H]. The molecule has 6 heterocycles. The van der Waals surface area contributed by atoms with E-state index in [9.17, 15) is 41.1 Å². The van der Waals surface area contributed by atoms with E-state index in [-0.39, 0.29) is 55.8 Å². The van der Waals surface area contributed by atoms with E-state index < -0.39 is 666 Å². The summed E-state index contributed by atoms with van der Waals surface area (Å²) in [4.78, 5) is 3.57. The molecule has 706 valence electrons. The molecule has 0 saturated carbocycles. The molecular formula is C134H118B3N5O3. The van der Waals surface area contributed by atoms with Crippen molar-refractivity contribution in [3.05, 3.63) is 469 Å². The highest BCUT2D eigenvalue weighted by Gasteiger charge is 2.48. The second-order valence-corrected chi connectivity index (χ2v) is 36.9. The first-order valence-corrected chi connectivity index (χ1v) is 44.5. The van der Waals surface area contributed by atoms with Gasteiger partial charge in [-0.2, -0.15) is 0 Å². The average molecular weight is 1960 g/mol. The Hall–Kier alpha value is -16.2. The zero-order valence-electron chi connectivity index (χ0n) is 159. The van der Waals surface area contributed by atoms with Crippen LogP contribution in [0.4, 0.5) is 85.3 Å². The van der Waals surface area contributed by atoms with Crippen LogP contribution in [0.2, 0.25) is 0 Å². The summed E-state index contributed by atoms with van der Waals surface area (Å²) in [6, 6.07) is -59.7. The smallest absolute Gasteiger partial charge is 0.256 e. The highest BCUT2D eigenvalue weighted by atomic mass is 16.5. The molecule has 19 aromatic rings. The fourth-order valence-corrected chi connectivity index (χ4v) is 17.1. The van der Waals surface area contributed by atoms with Crippen LogP contribution in [0.5, 0.6) is 34.5 Å². The Balaban J connectivity index is 0.000000173. The number of benzene rings is 19. The van der Waals surface area contributed by atoms with Gasteiger partial charge in [0.2, 0.25) is 0 Å². The van der Waals surface area contributed by atoms with Gasteiger partial charge in [-0.05, 0) is 295 Å². The lowest BCUT2D eigenvalue weighted by atomic mass is 9.33. The lowest BCUT2D eigenvalue weighted by Gasteiger charge is -2.42. The van der Waals surface area contributed by atoms with Crippen molar-refractivity contribution in [3.63, 3.8) is 0 Å². The molecule has 0 bridgehead atoms. The monoisotopic (exact) mass is 1960 g/mol. The van der Waals surface area contributed by atoms with E-state index in [4.69, 9.17) is 84.1 Å². The van der Waals surface area contributed by atoms with Gasteiger partial charge < -0.3 is 38.7 Å². The van der Waals surface area contributed by atoms with Gasteiger partial charge in [0.1, 0.15) is 34.5 Å². The maximum absolute atomic E-state index is 10.2. The van der Waals surface area contributed by atoms with Crippen LogP contribution in [-0.2, 0) is 27.1 Å². The third-order valence-electron chi connectivity index (χ3n) is 23.8. The minimum atomic E-state index is -4.19. The van der Waals surface area contributed by atoms with Crippen molar-refractivity contribution in [2.24, 2.45) is 0 Å². The van der Waals surface area contributed by atoms with Crippen molar-refractivity contribution in [1.82, 2.24) is 0 Å². The predicted octanol–water partition coefficient (Wildman–Crippen LogP) is 30.7. The first-order chi connectivity index (χ1) is 104. The van der Waals surface area contributed by atoms with Gasteiger partial charge in [0, 0.05) is 108 Å². The molecule has 0 aromatic heterocycles. The quantitative estimate of drug-likeness (QED) is 0.112. The first-order valence-electron chi connectivity index (χ1n) is 85.0. The predicted molar refractivity (Wildman–Crippen MR) is 616 cm³/mol. The van der Waals surface area contributed by atoms with Crippen LogP contribution in [0, 0.1) is 0 Å². The van der Waals surface area contributed by atoms with E-state index in [1.807, 2.05) is 0 Å². The normalized spacial score (nSPS) is 21.4. The van der Waals surface area contributed by atoms with Crippen molar-refractivity contribution >= 4 is 155 Å². The van der Waals surface area contributed by atoms with E-state index in [1.54, 1.807) is 62.3 Å². The van der Waals surface area contributed by atoms with Crippen LogP contribution in [0.15, 0.2) is 441 Å². The van der Waals surface area contributed by atoms with Crippen molar-refractivity contribution in [1.29, 1.82) is 0 Å². The molecule has 6 aliphatic rings. The summed E-state index contributed by atoms with van der Waals surface area (Å²) >= 11 is 0. The third-order valence-corrected chi connectivity index (χ3v) is 23.8. The van der Waals surface area contributed by atoms with Crippen LogP contribution in [0.1, 0.15) is 242 Å². The molecule has 0 radical (unpaired) electrons. The topological polar surface area (TPSA) is 43.9 Å². The Labute approximate surface area is 970 Å². The maximum atomic E-state index is 10.2. The van der Waals surface area contributed by atoms with Crippen LogP contribution in [0.3, 0.4) is 0 Å². The summed E-state index contributed by atoms with van der Waals surface area (Å²) in [5.41, 5.74) is -31.0. The van der Waals surface area contributed by atoms with Gasteiger partial charge in [-0.15, -0.1) is 0 Å². The number of rotatable bonds is 12. The molecule has 0 spiro atoms. The molecule has 25 rings (SSSR count). The molecule has 0 atom stereocenters. The van der Waals surface area contributed by atoms with Gasteiger partial charge in [0.25, 0.3) is 20.1 Å². The van der Waals surface area contributed by atoms with Crippen LogP contribution in [-0.4, -0.2) is 20.1 Å². The number of fused-ring (bicyclic) bond motifs is 12. The summed E-state index contributed by atoms with van der Waals surface area (Å²) in [6.07, 6.45) is 0. The average Bonchev–Trinajstić information content (AvgIpc) is 0.678. The third kappa shape index (κ3) is 17.2. The molecule has 0 N–H and O–H groups in total. The minimum Gasteiger partial charge on any atom is -0.458 e. The molecule has 19 aromatic carbocycles. The lowest BCUT2D eigenvalue weighted by Crippen LogP contribution is -2.60. The van der Waals surface area contributed by atoms with Gasteiger partial charge in [0.05, 0.1) is 100 Å². The standard InChI is InChI=1S/C56H65BN2O.C42H29BN2O.C36H24BNO/c1-52(2,3)36-16-24-41(25-17-36)58(42-26-18-37(19-27-42)53(4,5)6)44-34-48-51-50(35-44)60-49-31-23-40(56(13,14)15)33-46(49)57(51)45-32-39(55(10,11)12)22-30-47(45)59(48)43-28-20-38(21-29-43)54(7,8)9;1-5-15-30(16-6-1)35-26-28-38-41-42(35)46-40-24-14-13-23-37(40)43(41)36-27-25-34(29-39(36)45(38)33-21-11-4-12-22-33)44(31-17-7-2-8-18-31)32-19-9-3-10-20-32;1-3-12-25(13-4-1)27-22-28(26-14-5-2-6-15-26)24-29(23-27)38-32-18-9-7-16-30(32)37-31-17-8-10-20-34(31)39-35-21-11-19-33(38)36(35)37/h16-35H,1-15H3;1-29H;1-24H/i1D3,2D3,3D3,4D3,16D,17D,18D,19D,20D,21D,22D,23D,24D,25D,26D,27D,28D,29D,30D,31D,32D,33D;1D,2D,3D,4D,5D,6D,7D,8D,9D,10D,11D,12D,13D,14D,15D,16D,17D,18D,19D,20D,21D,22D,23D,24D,25D,27D,29D;1D,2D,3D,4D,5D,6D,7D,8D,9D,10D,11D,12D,13D,14D,15D,16D,17D,18D,19D,20D,21D,22D,23D,24D. The molecule has 8 nitrogen and oxygen atoms in total. The van der Waals surface area contributed by atoms with Crippen molar-refractivity contribution < 1.29 is 125 Å². The Morgan fingerprint density at radius 1 is 0.228 bits per heavy atom. The van der Waals surface area contributed by atoms with E-state index in [0.29, 0.717) is 14.7 Å². The van der Waals surface area contributed by atoms with E-state index in [2.05, 4.69) is 0 Å². The molecule has 0 fully saturated rings. The van der Waals surface area contributed by atoms with Crippen molar-refractivity contribution in [2.45, 2.75) is 131 Å². The molecular weight excluding hydrogens is 1760 g/mol. The molecule has 6 aliphatic heterocycles. The van der Waals surface area contributed by atoms with Crippen LogP contribution < -0.4 is 87.9 Å². The summed E-state index contributed by atoms with van der Waals surface area (Å²) in [7, 11) is 0. The highest BCUT2D eigenvalue weighted by molar-refractivity contribution is 7.01. The van der Waals surface area contributed by atoms with Crippen LogP contribution >= 0.6 is 0 Å². The summed E-state index contributed by atoms with van der Waals surface area (Å²) < 4.78 is 748. The zero-order valence-corrected chi connectivity index (χ0v) is 78.0. The molecule has 145 heavy (non-hydrogen) atoms. The van der Waals surface area contributed by atoms with Crippen molar-refractivity contribution in [2.75, 3.05) is 24.5 Å². The Morgan fingerprint density at radius 3 is 1.21 bits per heavy atom. The van der Waals surface area contributed by atoms with Gasteiger partial charge in [0.15, 0.2) is 0 Å². The van der Waals surface area contributed by atoms with Crippen LogP contribution in [0.25, 0.3) is 33.4 Å². The molecule has 0 amide bonds. The zero-order chi connectivity index (χ0) is 170. The molecule has 0 unspecified atom stereocenters. The number of hydrogen-bond donors (Lipinski definition) is 0. The Morgan fingerprint density at radius 2 is 0.628 bits per heavy atom. The van der Waals surface area contributed by atoms with Crippen molar-refractivity contribution in [3.8, 4) is 67.9 Å². The highest BCUT2D eigenvalue weighted by Crippen LogP contribution is 2.52. The number of ether oxygens (including phenoxy) is 3. The second-order valence-electron chi connectivity index (χ2n) is 36.9. The largest absolute Gasteiger partial charge is 0.458 e. The van der Waals surface area contributed by atoms with Gasteiger partial charge >= 0.3 is 0 Å². The summed E-state index contributed by atoms with van der Waals surface area (Å²) in [5.74, 6) is -3.31. The molecule has 0 aliphatic carbocycles. The second kappa shape index (κ2) is 36.6. The van der Waals surface area contributed by atoms with E-state index in [1.165, 1.54) is 0 Å². The number of hydrogen-bond acceptors (Lipinski definition) is 8. The molecule has 11 heteroatoms. The fraction of sp³-hybridized carbons (Fsp3) is 0.149. The van der Waals surface area contributed by atoms with Gasteiger partial charge in [-0.3, -0.25) is 0 Å². The Kier molecular flexibility index (Phi) is 9.89. The number of nitrogens with zero attached hydrogens (tertiary/aromatic N) is 5. The number of anilines is 15. The van der Waals surface area contributed by atoms with Gasteiger partial charge in [-0.25, -0.2) is 0 Å². The lowest BCUT2D eigenvalue weighted by molar-refractivity contribution is 0.486. The van der Waals surface area contributed by atoms with Gasteiger partial charge in [-0.1, -0.05) is 375 Å². The summed E-state index contributed by atoms with van der Waals surface area (Å²) in [6.45, 7) is -3.49.